The molecule has 1 amide bonds. The Morgan fingerprint density at radius 2 is 2.23 bits per heavy atom. The van der Waals surface area contributed by atoms with Crippen molar-refractivity contribution in [3.05, 3.63) is 0 Å². The Morgan fingerprint density at radius 3 is 2.69 bits per heavy atom. The molecule has 4 nitrogen and oxygen atoms in total. The van der Waals surface area contributed by atoms with Crippen LogP contribution in [0.25, 0.3) is 0 Å². The zero-order valence-corrected chi connectivity index (χ0v) is 9.58. The fourth-order valence-corrected chi connectivity index (χ4v) is 1.28. The molecular weight excluding hydrogens is 238 g/mol. The van der Waals surface area contributed by atoms with Crippen LogP contribution < -0.4 is 0 Å². The van der Waals surface area contributed by atoms with E-state index in [0.717, 1.165) is 19.3 Å². The Labute approximate surface area is 87.2 Å². The second-order valence-electron chi connectivity index (χ2n) is 2.90. The van der Waals surface area contributed by atoms with Crippen LogP contribution in [0.3, 0.4) is 0 Å². The Bertz CT molecular complexity index is 152. The van der Waals surface area contributed by atoms with Gasteiger partial charge in [0.15, 0.2) is 0 Å². The Morgan fingerprint density at radius 1 is 1.62 bits per heavy atom. The largest absolute Gasteiger partial charge is 0.452 e. The van der Waals surface area contributed by atoms with E-state index < -0.39 is 6.09 Å². The van der Waals surface area contributed by atoms with Gasteiger partial charge in [-0.15, -0.1) is 0 Å². The SMILES string of the molecule is COC(=O)N(Br)CCCCC(C)O. The lowest BCUT2D eigenvalue weighted by Gasteiger charge is -2.12. The maximum Gasteiger partial charge on any atom is 0.419 e. The molecule has 13 heavy (non-hydrogen) atoms. The molecule has 0 aromatic rings. The first kappa shape index (κ1) is 12.7. The molecule has 5 heteroatoms. The van der Waals surface area contributed by atoms with Crippen molar-refractivity contribution in [2.75, 3.05) is 13.7 Å². The number of unbranched alkanes of at least 4 members (excludes halogenated alkanes) is 1. The molecule has 0 rings (SSSR count). The van der Waals surface area contributed by atoms with Gasteiger partial charge < -0.3 is 9.84 Å². The number of carbonyl (C=O) groups is 1. The van der Waals surface area contributed by atoms with Crippen LogP contribution in [0.5, 0.6) is 0 Å². The molecule has 78 valence electrons. The van der Waals surface area contributed by atoms with Gasteiger partial charge in [0.1, 0.15) is 0 Å². The summed E-state index contributed by atoms with van der Waals surface area (Å²) < 4.78 is 5.82. The third-order valence-corrected chi connectivity index (χ3v) is 2.24. The van der Waals surface area contributed by atoms with Crippen LogP contribution in [-0.2, 0) is 4.74 Å². The molecule has 1 N–H and O–H groups in total. The molecule has 0 aliphatic rings. The first-order valence-electron chi connectivity index (χ1n) is 4.27. The minimum atomic E-state index is -0.392. The van der Waals surface area contributed by atoms with Gasteiger partial charge in [-0.3, -0.25) is 0 Å². The summed E-state index contributed by atoms with van der Waals surface area (Å²) in [6.07, 6.45) is 1.86. The summed E-state index contributed by atoms with van der Waals surface area (Å²) in [6, 6.07) is 0. The normalized spacial score (nSPS) is 12.3. The van der Waals surface area contributed by atoms with E-state index >= 15 is 0 Å². The van der Waals surface area contributed by atoms with Gasteiger partial charge in [0.05, 0.1) is 29.4 Å². The number of amides is 1. The summed E-state index contributed by atoms with van der Waals surface area (Å²) in [4.78, 5) is 10.8. The summed E-state index contributed by atoms with van der Waals surface area (Å²) in [5, 5.41) is 8.96. The van der Waals surface area contributed by atoms with Crippen LogP contribution in [0.1, 0.15) is 26.2 Å². The van der Waals surface area contributed by atoms with E-state index in [4.69, 9.17) is 5.11 Å². The summed E-state index contributed by atoms with van der Waals surface area (Å²) in [5.41, 5.74) is 0. The highest BCUT2D eigenvalue weighted by Gasteiger charge is 2.08. The van der Waals surface area contributed by atoms with Gasteiger partial charge in [-0.1, -0.05) is 0 Å². The molecule has 0 saturated carbocycles. The first-order valence-corrected chi connectivity index (χ1v) is 4.98. The Hall–Kier alpha value is -0.290. The molecule has 0 fully saturated rings. The highest BCUT2D eigenvalue weighted by Crippen LogP contribution is 2.06. The number of ether oxygens (including phenoxy) is 1. The third kappa shape index (κ3) is 6.83. The van der Waals surface area contributed by atoms with Crippen molar-refractivity contribution in [2.45, 2.75) is 32.3 Å². The molecule has 0 aromatic carbocycles. The van der Waals surface area contributed by atoms with Crippen molar-refractivity contribution >= 4 is 22.2 Å². The minimum Gasteiger partial charge on any atom is -0.452 e. The number of hydrogen-bond donors (Lipinski definition) is 1. The molecule has 0 heterocycles. The molecule has 0 aliphatic heterocycles. The number of methoxy groups -OCH3 is 1. The van der Waals surface area contributed by atoms with Crippen molar-refractivity contribution in [2.24, 2.45) is 0 Å². The van der Waals surface area contributed by atoms with Gasteiger partial charge in [0, 0.05) is 6.54 Å². The van der Waals surface area contributed by atoms with Crippen LogP contribution in [0.4, 0.5) is 4.79 Å². The maximum atomic E-state index is 10.8. The summed E-state index contributed by atoms with van der Waals surface area (Å²) in [7, 11) is 1.34. The zero-order valence-electron chi connectivity index (χ0n) is 7.99. The number of aliphatic hydroxyl groups is 1. The van der Waals surface area contributed by atoms with E-state index in [2.05, 4.69) is 20.9 Å². The highest BCUT2D eigenvalue weighted by molar-refractivity contribution is 9.07. The van der Waals surface area contributed by atoms with Crippen molar-refractivity contribution < 1.29 is 14.6 Å². The Balaban J connectivity index is 3.37. The number of halogens is 1. The summed E-state index contributed by atoms with van der Waals surface area (Å²) in [6.45, 7) is 2.35. The first-order chi connectivity index (χ1) is 6.07. The number of nitrogens with zero attached hydrogens (tertiary/aromatic N) is 1. The standard InChI is InChI=1S/C8H16BrNO3/c1-7(11)5-3-4-6-10(9)8(12)13-2/h7,11H,3-6H2,1-2H3. The van der Waals surface area contributed by atoms with Crippen molar-refractivity contribution in [3.63, 3.8) is 0 Å². The van der Waals surface area contributed by atoms with E-state index in [1.807, 2.05) is 0 Å². The van der Waals surface area contributed by atoms with E-state index in [0.29, 0.717) is 6.54 Å². The smallest absolute Gasteiger partial charge is 0.419 e. The van der Waals surface area contributed by atoms with Crippen LogP contribution in [0.15, 0.2) is 0 Å². The van der Waals surface area contributed by atoms with Crippen LogP contribution >= 0.6 is 16.1 Å². The lowest BCUT2D eigenvalue weighted by Crippen LogP contribution is -2.21. The van der Waals surface area contributed by atoms with E-state index in [1.165, 1.54) is 11.0 Å². The number of carbonyl (C=O) groups excluding carboxylic acids is 1. The second kappa shape index (κ2) is 7.15. The van der Waals surface area contributed by atoms with Crippen LogP contribution in [-0.4, -0.2) is 34.9 Å². The predicted molar refractivity (Wildman–Crippen MR) is 53.6 cm³/mol. The number of aliphatic hydroxyl groups excluding tert-OH is 1. The molecule has 0 bridgehead atoms. The van der Waals surface area contributed by atoms with E-state index in [-0.39, 0.29) is 6.10 Å². The van der Waals surface area contributed by atoms with Gasteiger partial charge in [0.25, 0.3) is 0 Å². The lowest BCUT2D eigenvalue weighted by molar-refractivity contribution is 0.152. The van der Waals surface area contributed by atoms with Gasteiger partial charge in [0.2, 0.25) is 0 Å². The topological polar surface area (TPSA) is 49.8 Å². The number of hydrogen-bond acceptors (Lipinski definition) is 3. The molecular formula is C8H16BrNO3. The lowest BCUT2D eigenvalue weighted by atomic mass is 10.2. The maximum absolute atomic E-state index is 10.8. The summed E-state index contributed by atoms with van der Waals surface area (Å²) in [5.74, 6) is 0. The Kier molecular flexibility index (Phi) is 6.99. The molecule has 0 aliphatic carbocycles. The van der Waals surface area contributed by atoms with Crippen molar-refractivity contribution in [3.8, 4) is 0 Å². The van der Waals surface area contributed by atoms with Crippen LogP contribution in [0, 0.1) is 0 Å². The molecule has 0 saturated heterocycles. The van der Waals surface area contributed by atoms with Crippen molar-refractivity contribution in [1.29, 1.82) is 0 Å². The monoisotopic (exact) mass is 253 g/mol. The van der Waals surface area contributed by atoms with Gasteiger partial charge in [-0.25, -0.2) is 8.72 Å². The molecule has 1 unspecified atom stereocenters. The highest BCUT2D eigenvalue weighted by atomic mass is 79.9. The molecule has 1 atom stereocenters. The second-order valence-corrected chi connectivity index (χ2v) is 3.76. The molecule has 0 radical (unpaired) electrons. The fourth-order valence-electron chi connectivity index (χ4n) is 0.881. The summed E-state index contributed by atoms with van der Waals surface area (Å²) >= 11 is 3.07. The molecule has 0 spiro atoms. The molecule has 0 aromatic heterocycles. The quantitative estimate of drug-likeness (QED) is 0.602. The minimum absolute atomic E-state index is 0.262. The zero-order chi connectivity index (χ0) is 10.3. The average molecular weight is 254 g/mol. The number of rotatable bonds is 5. The van der Waals surface area contributed by atoms with E-state index in [9.17, 15) is 4.79 Å². The predicted octanol–water partition coefficient (Wildman–Crippen LogP) is 1.92. The average Bonchev–Trinajstić information content (AvgIpc) is 2.10. The fraction of sp³-hybridized carbons (Fsp3) is 0.875. The van der Waals surface area contributed by atoms with Gasteiger partial charge in [-0.2, -0.15) is 0 Å². The third-order valence-electron chi connectivity index (χ3n) is 1.60. The van der Waals surface area contributed by atoms with E-state index in [1.54, 1.807) is 6.92 Å². The van der Waals surface area contributed by atoms with Crippen molar-refractivity contribution in [1.82, 2.24) is 3.93 Å². The van der Waals surface area contributed by atoms with Gasteiger partial charge >= 0.3 is 6.09 Å². The van der Waals surface area contributed by atoms with Gasteiger partial charge in [-0.05, 0) is 26.2 Å². The van der Waals surface area contributed by atoms with Crippen LogP contribution in [0.2, 0.25) is 0 Å².